The molecule has 22 heavy (non-hydrogen) atoms. The Morgan fingerprint density at radius 3 is 2.68 bits per heavy atom. The van der Waals surface area contributed by atoms with E-state index in [2.05, 4.69) is 15.9 Å². The standard InChI is InChI=1S/C17H17BrO4/c1-10(19)22-13-6-7-14-16(8-13)21-9-15(17(14)20)11-2-4-12(18)5-3-11/h2-5,9,13-14,16H,6-8H2,1H3. The molecule has 5 heteroatoms. The molecule has 0 aromatic heterocycles. The Morgan fingerprint density at radius 1 is 1.27 bits per heavy atom. The molecule has 0 bridgehead atoms. The molecule has 1 heterocycles. The zero-order chi connectivity index (χ0) is 15.7. The minimum Gasteiger partial charge on any atom is -0.496 e. The second-order valence-corrected chi connectivity index (χ2v) is 6.64. The van der Waals surface area contributed by atoms with E-state index in [4.69, 9.17) is 9.47 Å². The van der Waals surface area contributed by atoms with Gasteiger partial charge in [-0.05, 0) is 30.5 Å². The van der Waals surface area contributed by atoms with Crippen molar-refractivity contribution in [2.75, 3.05) is 0 Å². The Morgan fingerprint density at radius 2 is 2.00 bits per heavy atom. The topological polar surface area (TPSA) is 52.6 Å². The first-order chi connectivity index (χ1) is 10.5. The van der Waals surface area contributed by atoms with Crippen molar-refractivity contribution >= 4 is 33.3 Å². The molecule has 1 aliphatic carbocycles. The summed E-state index contributed by atoms with van der Waals surface area (Å²) in [5.41, 5.74) is 1.49. The molecule has 1 fully saturated rings. The van der Waals surface area contributed by atoms with Crippen LogP contribution in [-0.4, -0.2) is 24.0 Å². The van der Waals surface area contributed by atoms with Crippen molar-refractivity contribution in [3.63, 3.8) is 0 Å². The average molecular weight is 365 g/mol. The van der Waals surface area contributed by atoms with Gasteiger partial charge in [0.1, 0.15) is 12.2 Å². The molecule has 3 unspecified atom stereocenters. The monoisotopic (exact) mass is 364 g/mol. The van der Waals surface area contributed by atoms with Crippen molar-refractivity contribution < 1.29 is 19.1 Å². The number of ether oxygens (including phenoxy) is 2. The van der Waals surface area contributed by atoms with E-state index in [9.17, 15) is 9.59 Å². The molecule has 3 rings (SSSR count). The van der Waals surface area contributed by atoms with E-state index in [0.29, 0.717) is 24.8 Å². The smallest absolute Gasteiger partial charge is 0.302 e. The Kier molecular flexibility index (Phi) is 4.34. The fourth-order valence-electron chi connectivity index (χ4n) is 3.14. The van der Waals surface area contributed by atoms with E-state index in [1.54, 1.807) is 6.26 Å². The van der Waals surface area contributed by atoms with Crippen LogP contribution in [0.25, 0.3) is 5.57 Å². The molecule has 0 amide bonds. The van der Waals surface area contributed by atoms with Crippen molar-refractivity contribution in [2.24, 2.45) is 5.92 Å². The molecule has 1 saturated carbocycles. The third-order valence-corrected chi connectivity index (χ3v) is 4.72. The van der Waals surface area contributed by atoms with Gasteiger partial charge in [0.2, 0.25) is 0 Å². The first kappa shape index (κ1) is 15.3. The van der Waals surface area contributed by atoms with Crippen LogP contribution in [0, 0.1) is 5.92 Å². The number of rotatable bonds is 2. The van der Waals surface area contributed by atoms with Crippen molar-refractivity contribution in [3.8, 4) is 0 Å². The van der Waals surface area contributed by atoms with Gasteiger partial charge in [0.05, 0.1) is 17.8 Å². The van der Waals surface area contributed by atoms with Gasteiger partial charge < -0.3 is 9.47 Å². The first-order valence-corrected chi connectivity index (χ1v) is 8.17. The first-order valence-electron chi connectivity index (χ1n) is 7.37. The summed E-state index contributed by atoms with van der Waals surface area (Å²) in [5, 5.41) is 0. The number of ketones is 1. The zero-order valence-electron chi connectivity index (χ0n) is 12.3. The summed E-state index contributed by atoms with van der Waals surface area (Å²) in [6.07, 6.45) is 3.21. The lowest BCUT2D eigenvalue weighted by Gasteiger charge is -2.37. The van der Waals surface area contributed by atoms with Crippen molar-refractivity contribution in [2.45, 2.75) is 38.4 Å². The van der Waals surface area contributed by atoms with Gasteiger partial charge in [-0.2, -0.15) is 0 Å². The van der Waals surface area contributed by atoms with Crippen molar-refractivity contribution in [1.29, 1.82) is 0 Å². The van der Waals surface area contributed by atoms with E-state index in [1.807, 2.05) is 24.3 Å². The summed E-state index contributed by atoms with van der Waals surface area (Å²) < 4.78 is 12.0. The number of hydrogen-bond acceptors (Lipinski definition) is 4. The van der Waals surface area contributed by atoms with Gasteiger partial charge in [0.25, 0.3) is 0 Å². The minimum absolute atomic E-state index is 0.125. The van der Waals surface area contributed by atoms with Gasteiger partial charge in [0.15, 0.2) is 5.78 Å². The molecule has 3 atom stereocenters. The Hall–Kier alpha value is -1.62. The van der Waals surface area contributed by atoms with E-state index in [1.165, 1.54) is 6.92 Å². The predicted molar refractivity (Wildman–Crippen MR) is 84.9 cm³/mol. The highest BCUT2D eigenvalue weighted by Gasteiger charge is 2.41. The van der Waals surface area contributed by atoms with Crippen LogP contribution in [0.1, 0.15) is 31.7 Å². The second kappa shape index (κ2) is 6.24. The maximum absolute atomic E-state index is 12.7. The lowest BCUT2D eigenvalue weighted by atomic mass is 9.78. The summed E-state index contributed by atoms with van der Waals surface area (Å²) in [6.45, 7) is 1.41. The third kappa shape index (κ3) is 3.09. The maximum atomic E-state index is 12.7. The SMILES string of the molecule is CC(=O)OC1CCC2C(=O)C(c3ccc(Br)cc3)=COC2C1. The molecule has 1 aromatic carbocycles. The van der Waals surface area contributed by atoms with Crippen molar-refractivity contribution in [1.82, 2.24) is 0 Å². The van der Waals surface area contributed by atoms with Crippen LogP contribution in [0.3, 0.4) is 0 Å². The summed E-state index contributed by atoms with van der Waals surface area (Å²) in [6, 6.07) is 7.63. The molecule has 116 valence electrons. The Balaban J connectivity index is 1.76. The van der Waals surface area contributed by atoms with Gasteiger partial charge >= 0.3 is 5.97 Å². The highest BCUT2D eigenvalue weighted by molar-refractivity contribution is 9.10. The minimum atomic E-state index is -0.281. The predicted octanol–water partition coefficient (Wildman–Crippen LogP) is 3.49. The number of fused-ring (bicyclic) bond motifs is 1. The molecule has 0 N–H and O–H groups in total. The summed E-state index contributed by atoms with van der Waals surface area (Å²) in [7, 11) is 0. The van der Waals surface area contributed by atoms with E-state index in [0.717, 1.165) is 10.0 Å². The lowest BCUT2D eigenvalue weighted by Crippen LogP contribution is -2.41. The van der Waals surface area contributed by atoms with Crippen LogP contribution in [0.4, 0.5) is 0 Å². The van der Waals surface area contributed by atoms with Crippen LogP contribution in [-0.2, 0) is 19.1 Å². The zero-order valence-corrected chi connectivity index (χ0v) is 13.8. The molecular weight excluding hydrogens is 348 g/mol. The molecular formula is C17H17BrO4. The number of allylic oxidation sites excluding steroid dienone is 1. The highest BCUT2D eigenvalue weighted by atomic mass is 79.9. The van der Waals surface area contributed by atoms with Crippen LogP contribution in [0.15, 0.2) is 35.0 Å². The molecule has 0 spiro atoms. The summed E-state index contributed by atoms with van der Waals surface area (Å²) >= 11 is 3.39. The van der Waals surface area contributed by atoms with E-state index >= 15 is 0 Å². The van der Waals surface area contributed by atoms with Gasteiger partial charge in [-0.3, -0.25) is 9.59 Å². The molecule has 0 radical (unpaired) electrons. The Bertz CT molecular complexity index is 620. The quantitative estimate of drug-likeness (QED) is 0.753. The number of carbonyl (C=O) groups is 2. The van der Waals surface area contributed by atoms with Gasteiger partial charge in [-0.25, -0.2) is 0 Å². The second-order valence-electron chi connectivity index (χ2n) is 5.73. The molecule has 2 aliphatic rings. The van der Waals surface area contributed by atoms with E-state index < -0.39 is 0 Å². The normalized spacial score (nSPS) is 27.5. The molecule has 1 aromatic rings. The number of halogens is 1. The lowest BCUT2D eigenvalue weighted by molar-refractivity contribution is -0.151. The van der Waals surface area contributed by atoms with Gasteiger partial charge in [-0.15, -0.1) is 0 Å². The number of esters is 1. The number of carbonyl (C=O) groups excluding carboxylic acids is 2. The van der Waals surface area contributed by atoms with Crippen LogP contribution >= 0.6 is 15.9 Å². The number of hydrogen-bond donors (Lipinski definition) is 0. The molecule has 4 nitrogen and oxygen atoms in total. The highest BCUT2D eigenvalue weighted by Crippen LogP contribution is 2.37. The average Bonchev–Trinajstić information content (AvgIpc) is 2.48. The van der Waals surface area contributed by atoms with Gasteiger partial charge in [-0.1, -0.05) is 28.1 Å². The fraction of sp³-hybridized carbons (Fsp3) is 0.412. The number of benzene rings is 1. The molecule has 0 saturated heterocycles. The van der Waals surface area contributed by atoms with Gasteiger partial charge in [0, 0.05) is 17.8 Å². The summed E-state index contributed by atoms with van der Waals surface area (Å²) in [5.74, 6) is -0.299. The number of Topliss-reactive ketones (excluding diaryl/α,β-unsaturated/α-hetero) is 1. The fourth-order valence-corrected chi connectivity index (χ4v) is 3.40. The largest absolute Gasteiger partial charge is 0.496 e. The van der Waals surface area contributed by atoms with Crippen molar-refractivity contribution in [3.05, 3.63) is 40.6 Å². The summed E-state index contributed by atoms with van der Waals surface area (Å²) in [4.78, 5) is 23.8. The maximum Gasteiger partial charge on any atom is 0.302 e. The third-order valence-electron chi connectivity index (χ3n) is 4.19. The van der Waals surface area contributed by atoms with E-state index in [-0.39, 0.29) is 29.9 Å². The Labute approximate surface area is 137 Å². The van der Waals surface area contributed by atoms with Crippen LogP contribution < -0.4 is 0 Å². The molecule has 1 aliphatic heterocycles. The van der Waals surface area contributed by atoms with Crippen LogP contribution in [0.2, 0.25) is 0 Å². The van der Waals surface area contributed by atoms with Crippen LogP contribution in [0.5, 0.6) is 0 Å².